The van der Waals surface area contributed by atoms with E-state index in [-0.39, 0.29) is 5.56 Å². The summed E-state index contributed by atoms with van der Waals surface area (Å²) in [6, 6.07) is 4.77. The van der Waals surface area contributed by atoms with E-state index in [0.29, 0.717) is 19.4 Å². The first-order valence-corrected chi connectivity index (χ1v) is 5.81. The first-order valence-electron chi connectivity index (χ1n) is 5.81. The van der Waals surface area contributed by atoms with E-state index < -0.39 is 29.6 Å². The zero-order valence-corrected chi connectivity index (χ0v) is 9.88. The average molecular weight is 273 g/mol. The summed E-state index contributed by atoms with van der Waals surface area (Å²) in [6.45, 7) is 0.390. The van der Waals surface area contributed by atoms with Crippen molar-refractivity contribution in [2.75, 3.05) is 6.61 Å². The highest BCUT2D eigenvalue weighted by atomic mass is 19.4. The topological polar surface area (TPSA) is 33.0 Å². The smallest absolute Gasteiger partial charge is 0.372 e. The Morgan fingerprint density at radius 2 is 2.05 bits per heavy atom. The highest BCUT2D eigenvalue weighted by molar-refractivity contribution is 5.30. The number of alkyl halides is 3. The summed E-state index contributed by atoms with van der Waals surface area (Å²) >= 11 is 0. The van der Waals surface area contributed by atoms with Gasteiger partial charge in [-0.2, -0.15) is 18.4 Å². The maximum Gasteiger partial charge on any atom is 0.419 e. The largest absolute Gasteiger partial charge is 0.419 e. The van der Waals surface area contributed by atoms with Crippen molar-refractivity contribution in [1.82, 2.24) is 0 Å². The van der Waals surface area contributed by atoms with Crippen molar-refractivity contribution >= 4 is 0 Å². The molecule has 1 saturated heterocycles. The number of rotatable bonds is 1. The van der Waals surface area contributed by atoms with Gasteiger partial charge in [0.25, 0.3) is 0 Å². The number of halogens is 4. The lowest BCUT2D eigenvalue weighted by molar-refractivity contribution is -0.140. The minimum Gasteiger partial charge on any atom is -0.372 e. The van der Waals surface area contributed by atoms with Gasteiger partial charge in [-0.1, -0.05) is 6.07 Å². The van der Waals surface area contributed by atoms with Crippen LogP contribution in [-0.2, 0) is 10.9 Å². The van der Waals surface area contributed by atoms with Crippen molar-refractivity contribution in [2.45, 2.75) is 25.1 Å². The Kier molecular flexibility index (Phi) is 3.76. The van der Waals surface area contributed by atoms with Crippen LogP contribution in [0.4, 0.5) is 17.6 Å². The molecule has 0 radical (unpaired) electrons. The molecular weight excluding hydrogens is 262 g/mol. The van der Waals surface area contributed by atoms with Crippen molar-refractivity contribution in [1.29, 1.82) is 5.26 Å². The molecule has 2 nitrogen and oxygen atoms in total. The van der Waals surface area contributed by atoms with Crippen LogP contribution < -0.4 is 0 Å². The maximum absolute atomic E-state index is 13.2. The van der Waals surface area contributed by atoms with Crippen molar-refractivity contribution in [3.8, 4) is 6.07 Å². The lowest BCUT2D eigenvalue weighted by Crippen LogP contribution is -2.22. The number of nitriles is 1. The van der Waals surface area contributed by atoms with Crippen LogP contribution in [0.3, 0.4) is 0 Å². The molecule has 0 aromatic heterocycles. The Bertz CT molecular complexity index is 506. The molecule has 0 aliphatic carbocycles. The van der Waals surface area contributed by atoms with Crippen molar-refractivity contribution in [3.05, 3.63) is 35.1 Å². The average Bonchev–Trinajstić information content (AvgIpc) is 2.38. The Balaban J connectivity index is 2.38. The van der Waals surface area contributed by atoms with E-state index in [4.69, 9.17) is 10.00 Å². The second-order valence-electron chi connectivity index (χ2n) is 4.41. The Labute approximate surface area is 107 Å². The maximum atomic E-state index is 13.2. The number of hydrogen-bond donors (Lipinski definition) is 0. The monoisotopic (exact) mass is 273 g/mol. The summed E-state index contributed by atoms with van der Waals surface area (Å²) in [5, 5.41) is 8.98. The molecule has 2 unspecified atom stereocenters. The van der Waals surface area contributed by atoms with Crippen LogP contribution in [0.25, 0.3) is 0 Å². The van der Waals surface area contributed by atoms with E-state index in [0.717, 1.165) is 12.1 Å². The fourth-order valence-corrected chi connectivity index (χ4v) is 2.18. The first kappa shape index (κ1) is 13.8. The molecule has 102 valence electrons. The summed E-state index contributed by atoms with van der Waals surface area (Å²) in [7, 11) is 0. The molecule has 1 heterocycles. The molecule has 1 aliphatic rings. The van der Waals surface area contributed by atoms with Crippen molar-refractivity contribution in [3.63, 3.8) is 0 Å². The zero-order chi connectivity index (χ0) is 14.0. The molecule has 0 N–H and O–H groups in total. The van der Waals surface area contributed by atoms with E-state index in [9.17, 15) is 17.6 Å². The molecule has 0 saturated carbocycles. The number of nitrogens with zero attached hydrogens (tertiary/aromatic N) is 1. The SMILES string of the molecule is N#CC1CCCOC1c1ccc(F)c(C(F)(F)F)c1. The van der Waals surface area contributed by atoms with Crippen LogP contribution in [0.5, 0.6) is 0 Å². The second-order valence-corrected chi connectivity index (χ2v) is 4.41. The minimum atomic E-state index is -4.75. The van der Waals surface area contributed by atoms with Gasteiger partial charge < -0.3 is 4.74 Å². The summed E-state index contributed by atoms with van der Waals surface area (Å²) in [5.41, 5.74) is -1.13. The van der Waals surface area contributed by atoms with Crippen LogP contribution in [-0.4, -0.2) is 6.61 Å². The fraction of sp³-hybridized carbons (Fsp3) is 0.462. The third-order valence-electron chi connectivity index (χ3n) is 3.11. The number of ether oxygens (including phenoxy) is 1. The van der Waals surface area contributed by atoms with E-state index in [1.807, 2.05) is 6.07 Å². The van der Waals surface area contributed by atoms with Crippen LogP contribution in [0.1, 0.15) is 30.1 Å². The second kappa shape index (κ2) is 5.17. The highest BCUT2D eigenvalue weighted by Gasteiger charge is 2.36. The van der Waals surface area contributed by atoms with Crippen LogP contribution in [0.15, 0.2) is 18.2 Å². The summed E-state index contributed by atoms with van der Waals surface area (Å²) in [4.78, 5) is 0. The molecule has 6 heteroatoms. The Morgan fingerprint density at radius 1 is 1.32 bits per heavy atom. The van der Waals surface area contributed by atoms with E-state index in [2.05, 4.69) is 0 Å². The fourth-order valence-electron chi connectivity index (χ4n) is 2.18. The number of benzene rings is 1. The zero-order valence-electron chi connectivity index (χ0n) is 9.88. The molecule has 1 aromatic carbocycles. The molecule has 0 spiro atoms. The molecule has 1 aliphatic heterocycles. The van der Waals surface area contributed by atoms with E-state index >= 15 is 0 Å². The third kappa shape index (κ3) is 2.87. The molecule has 0 amide bonds. The van der Waals surface area contributed by atoms with Gasteiger partial charge in [0.1, 0.15) is 5.82 Å². The Hall–Kier alpha value is -1.61. The predicted molar refractivity (Wildman–Crippen MR) is 58.4 cm³/mol. The predicted octanol–water partition coefficient (Wildman–Crippen LogP) is 3.84. The molecule has 1 fully saturated rings. The summed E-state index contributed by atoms with van der Waals surface area (Å²) in [6.07, 6.45) is -4.21. The van der Waals surface area contributed by atoms with Crippen LogP contribution in [0.2, 0.25) is 0 Å². The minimum absolute atomic E-state index is 0.194. The first-order chi connectivity index (χ1) is 8.93. The van der Waals surface area contributed by atoms with Gasteiger partial charge in [-0.3, -0.25) is 0 Å². The van der Waals surface area contributed by atoms with Gasteiger partial charge in [0.2, 0.25) is 0 Å². The van der Waals surface area contributed by atoms with Crippen LogP contribution >= 0.6 is 0 Å². The summed E-state index contributed by atoms with van der Waals surface area (Å²) < 4.78 is 56.4. The van der Waals surface area contributed by atoms with E-state index in [1.165, 1.54) is 6.07 Å². The summed E-state index contributed by atoms with van der Waals surface area (Å²) in [5.74, 6) is -1.82. The highest BCUT2D eigenvalue weighted by Crippen LogP contribution is 2.37. The Morgan fingerprint density at radius 3 is 2.68 bits per heavy atom. The van der Waals surface area contributed by atoms with Gasteiger partial charge >= 0.3 is 6.18 Å². The van der Waals surface area contributed by atoms with Gasteiger partial charge in [-0.05, 0) is 30.5 Å². The molecule has 2 atom stereocenters. The van der Waals surface area contributed by atoms with E-state index in [1.54, 1.807) is 0 Å². The normalized spacial score (nSPS) is 23.9. The van der Waals surface area contributed by atoms with Gasteiger partial charge in [0.05, 0.1) is 23.7 Å². The van der Waals surface area contributed by atoms with Gasteiger partial charge in [-0.15, -0.1) is 0 Å². The van der Waals surface area contributed by atoms with Gasteiger partial charge in [-0.25, -0.2) is 4.39 Å². The molecular formula is C13H11F4NO. The van der Waals surface area contributed by atoms with Gasteiger partial charge in [0, 0.05) is 6.61 Å². The molecule has 0 bridgehead atoms. The van der Waals surface area contributed by atoms with Crippen molar-refractivity contribution < 1.29 is 22.3 Å². The lowest BCUT2D eigenvalue weighted by atomic mass is 9.90. The van der Waals surface area contributed by atoms with Gasteiger partial charge in [0.15, 0.2) is 0 Å². The molecule has 2 rings (SSSR count). The molecule has 1 aromatic rings. The quantitative estimate of drug-likeness (QED) is 0.728. The van der Waals surface area contributed by atoms with Crippen LogP contribution in [0, 0.1) is 23.1 Å². The number of hydrogen-bond acceptors (Lipinski definition) is 2. The third-order valence-corrected chi connectivity index (χ3v) is 3.11. The van der Waals surface area contributed by atoms with Crippen molar-refractivity contribution in [2.24, 2.45) is 5.92 Å². The molecule has 19 heavy (non-hydrogen) atoms. The lowest BCUT2D eigenvalue weighted by Gasteiger charge is -2.28. The standard InChI is InChI=1S/C13H11F4NO/c14-11-4-3-8(6-10(11)13(15,16)17)12-9(7-18)2-1-5-19-12/h3-4,6,9,12H,1-2,5H2.